The molecule has 0 saturated heterocycles. The van der Waals surface area contributed by atoms with Crippen LogP contribution in [0.15, 0.2) is 41.7 Å². The fourth-order valence-electron chi connectivity index (χ4n) is 1.32. The number of hydrogen-bond acceptors (Lipinski definition) is 4. The summed E-state index contributed by atoms with van der Waals surface area (Å²) in [5, 5.41) is 3.47. The molecule has 0 fully saturated rings. The number of pyridine rings is 1. The lowest BCUT2D eigenvalue weighted by Crippen LogP contribution is -2.02. The molecule has 20 heavy (non-hydrogen) atoms. The smallest absolute Gasteiger partial charge is 0.313 e. The van der Waals surface area contributed by atoms with Gasteiger partial charge in [-0.15, -0.1) is 0 Å². The molecule has 0 unspecified atom stereocenters. The van der Waals surface area contributed by atoms with Gasteiger partial charge in [-0.2, -0.15) is 0 Å². The molecule has 7 heteroatoms. The van der Waals surface area contributed by atoms with Gasteiger partial charge in [-0.3, -0.25) is 0 Å². The standard InChI is InChI=1S/C13H7Cl2FN2O2/c14-10-6-8(3-4-11(10)16)7-18-20-13(19)9-2-1-5-17-12(9)15/h1-7H/b18-7+. The van der Waals surface area contributed by atoms with Crippen LogP contribution in [-0.4, -0.2) is 17.2 Å². The molecule has 102 valence electrons. The van der Waals surface area contributed by atoms with E-state index >= 15 is 0 Å². The minimum atomic E-state index is -0.743. The first-order valence-corrected chi connectivity index (χ1v) is 6.14. The molecular weight excluding hydrogens is 306 g/mol. The Morgan fingerprint density at radius 2 is 2.15 bits per heavy atom. The van der Waals surface area contributed by atoms with E-state index in [2.05, 4.69) is 15.0 Å². The average Bonchev–Trinajstić information content (AvgIpc) is 2.43. The predicted molar refractivity (Wildman–Crippen MR) is 73.7 cm³/mol. The highest BCUT2D eigenvalue weighted by molar-refractivity contribution is 6.32. The summed E-state index contributed by atoms with van der Waals surface area (Å²) in [4.78, 5) is 20.0. The molecular formula is C13H7Cl2FN2O2. The highest BCUT2D eigenvalue weighted by Gasteiger charge is 2.11. The van der Waals surface area contributed by atoms with Crippen LogP contribution < -0.4 is 0 Å². The monoisotopic (exact) mass is 312 g/mol. The number of aromatic nitrogens is 1. The summed E-state index contributed by atoms with van der Waals surface area (Å²) in [5.41, 5.74) is 0.588. The van der Waals surface area contributed by atoms with Crippen molar-refractivity contribution in [2.75, 3.05) is 0 Å². The van der Waals surface area contributed by atoms with Gasteiger partial charge in [0.25, 0.3) is 0 Å². The minimum absolute atomic E-state index is 0.0255. The number of rotatable bonds is 3. The minimum Gasteiger partial charge on any atom is -0.313 e. The maximum Gasteiger partial charge on any atom is 0.368 e. The highest BCUT2D eigenvalue weighted by atomic mass is 35.5. The lowest BCUT2D eigenvalue weighted by atomic mass is 10.2. The topological polar surface area (TPSA) is 51.5 Å². The molecule has 0 radical (unpaired) electrons. The first kappa shape index (κ1) is 14.4. The molecule has 0 spiro atoms. The van der Waals surface area contributed by atoms with E-state index in [1.807, 2.05) is 0 Å². The van der Waals surface area contributed by atoms with Gasteiger partial charge in [-0.05, 0) is 29.8 Å². The van der Waals surface area contributed by atoms with Crippen LogP contribution in [0.3, 0.4) is 0 Å². The summed E-state index contributed by atoms with van der Waals surface area (Å²) in [6.45, 7) is 0. The lowest BCUT2D eigenvalue weighted by molar-refractivity contribution is 0.0519. The molecule has 0 amide bonds. The summed E-state index contributed by atoms with van der Waals surface area (Å²) < 4.78 is 12.9. The zero-order chi connectivity index (χ0) is 14.5. The molecule has 0 bridgehead atoms. The van der Waals surface area contributed by atoms with E-state index in [1.54, 1.807) is 6.07 Å². The van der Waals surface area contributed by atoms with Crippen molar-refractivity contribution in [2.45, 2.75) is 0 Å². The first-order valence-electron chi connectivity index (χ1n) is 5.38. The van der Waals surface area contributed by atoms with Crippen molar-refractivity contribution in [3.63, 3.8) is 0 Å². The molecule has 1 aromatic carbocycles. The van der Waals surface area contributed by atoms with E-state index in [0.717, 1.165) is 0 Å². The van der Waals surface area contributed by atoms with E-state index < -0.39 is 11.8 Å². The van der Waals surface area contributed by atoms with Crippen LogP contribution in [0.25, 0.3) is 0 Å². The molecule has 2 aromatic rings. The summed E-state index contributed by atoms with van der Waals surface area (Å²) in [7, 11) is 0. The Balaban J connectivity index is 2.05. The normalized spacial score (nSPS) is 10.8. The first-order chi connectivity index (χ1) is 9.58. The predicted octanol–water partition coefficient (Wildman–Crippen LogP) is 3.72. The number of nitrogens with zero attached hydrogens (tertiary/aromatic N) is 2. The molecule has 1 heterocycles. The summed E-state index contributed by atoms with van der Waals surface area (Å²) in [6.07, 6.45) is 2.68. The second-order valence-electron chi connectivity index (χ2n) is 3.63. The van der Waals surface area contributed by atoms with Crippen molar-refractivity contribution in [1.29, 1.82) is 0 Å². The van der Waals surface area contributed by atoms with Crippen molar-refractivity contribution >= 4 is 35.4 Å². The van der Waals surface area contributed by atoms with E-state index in [1.165, 1.54) is 36.7 Å². The van der Waals surface area contributed by atoms with Crippen molar-refractivity contribution < 1.29 is 14.0 Å². The second-order valence-corrected chi connectivity index (χ2v) is 4.39. The van der Waals surface area contributed by atoms with E-state index in [0.29, 0.717) is 5.56 Å². The number of carbonyl (C=O) groups is 1. The van der Waals surface area contributed by atoms with E-state index in [-0.39, 0.29) is 15.7 Å². The van der Waals surface area contributed by atoms with Crippen LogP contribution >= 0.6 is 23.2 Å². The number of oxime groups is 1. The fraction of sp³-hybridized carbons (Fsp3) is 0. The van der Waals surface area contributed by atoms with Crippen LogP contribution in [0.2, 0.25) is 10.2 Å². The molecule has 0 aliphatic heterocycles. The van der Waals surface area contributed by atoms with Gasteiger partial charge in [-0.1, -0.05) is 34.4 Å². The van der Waals surface area contributed by atoms with Crippen LogP contribution in [0.4, 0.5) is 4.39 Å². The van der Waals surface area contributed by atoms with Crippen LogP contribution in [0, 0.1) is 5.82 Å². The van der Waals surface area contributed by atoms with Gasteiger partial charge in [0.05, 0.1) is 16.8 Å². The third-order valence-corrected chi connectivity index (χ3v) is 2.85. The van der Waals surface area contributed by atoms with Crippen LogP contribution in [0.1, 0.15) is 15.9 Å². The quantitative estimate of drug-likeness (QED) is 0.375. The van der Waals surface area contributed by atoms with E-state index in [9.17, 15) is 9.18 Å². The van der Waals surface area contributed by atoms with Gasteiger partial charge in [0, 0.05) is 6.20 Å². The molecule has 0 aliphatic carbocycles. The van der Waals surface area contributed by atoms with Gasteiger partial charge in [0.2, 0.25) is 0 Å². The Morgan fingerprint density at radius 3 is 2.85 bits per heavy atom. The van der Waals surface area contributed by atoms with Gasteiger partial charge in [0.15, 0.2) is 0 Å². The van der Waals surface area contributed by atoms with Crippen LogP contribution in [-0.2, 0) is 4.84 Å². The summed E-state index contributed by atoms with van der Waals surface area (Å²) in [6, 6.07) is 6.98. The Hall–Kier alpha value is -1.98. The van der Waals surface area contributed by atoms with Gasteiger partial charge < -0.3 is 4.84 Å². The largest absolute Gasteiger partial charge is 0.368 e. The van der Waals surface area contributed by atoms with Gasteiger partial charge >= 0.3 is 5.97 Å². The lowest BCUT2D eigenvalue weighted by Gasteiger charge is -1.99. The van der Waals surface area contributed by atoms with Crippen molar-refractivity contribution in [2.24, 2.45) is 5.16 Å². The zero-order valence-electron chi connectivity index (χ0n) is 9.89. The summed E-state index contributed by atoms with van der Waals surface area (Å²) >= 11 is 11.3. The number of benzene rings is 1. The van der Waals surface area contributed by atoms with Gasteiger partial charge in [0.1, 0.15) is 11.0 Å². The maximum atomic E-state index is 12.9. The Kier molecular flexibility index (Phi) is 4.65. The average molecular weight is 313 g/mol. The number of hydrogen-bond donors (Lipinski definition) is 0. The molecule has 0 N–H and O–H groups in total. The second kappa shape index (κ2) is 6.45. The molecule has 0 aliphatic rings. The molecule has 1 aromatic heterocycles. The fourth-order valence-corrected chi connectivity index (χ4v) is 1.70. The number of halogens is 3. The van der Waals surface area contributed by atoms with Crippen molar-refractivity contribution in [3.8, 4) is 0 Å². The van der Waals surface area contributed by atoms with Crippen molar-refractivity contribution in [1.82, 2.24) is 4.98 Å². The molecule has 2 rings (SSSR count). The Morgan fingerprint density at radius 1 is 1.35 bits per heavy atom. The molecule has 0 saturated carbocycles. The van der Waals surface area contributed by atoms with E-state index in [4.69, 9.17) is 23.2 Å². The SMILES string of the molecule is O=C(O/N=C/c1ccc(F)c(Cl)c1)c1cccnc1Cl. The Bertz CT molecular complexity index is 677. The Labute approximate surface area is 123 Å². The maximum absolute atomic E-state index is 12.9. The van der Waals surface area contributed by atoms with Crippen LogP contribution in [0.5, 0.6) is 0 Å². The zero-order valence-corrected chi connectivity index (χ0v) is 11.4. The number of carbonyl (C=O) groups excluding carboxylic acids is 1. The molecule has 0 atom stereocenters. The third-order valence-electron chi connectivity index (χ3n) is 2.26. The third kappa shape index (κ3) is 3.53. The highest BCUT2D eigenvalue weighted by Crippen LogP contribution is 2.15. The summed E-state index contributed by atoms with van der Waals surface area (Å²) in [5.74, 6) is -1.28. The van der Waals surface area contributed by atoms with Crippen molar-refractivity contribution in [3.05, 3.63) is 63.6 Å². The van der Waals surface area contributed by atoms with Gasteiger partial charge in [-0.25, -0.2) is 14.2 Å². The molecule has 4 nitrogen and oxygen atoms in total.